The molecule has 2 aromatic rings. The van der Waals surface area contributed by atoms with Gasteiger partial charge < -0.3 is 14.8 Å². The third-order valence-corrected chi connectivity index (χ3v) is 7.47. The third-order valence-electron chi connectivity index (χ3n) is 4.46. The van der Waals surface area contributed by atoms with Gasteiger partial charge >= 0.3 is 6.09 Å². The van der Waals surface area contributed by atoms with E-state index in [-0.39, 0.29) is 23.6 Å². The molecule has 2 aromatic carbocycles. The molecule has 1 aliphatic rings. The Balaban J connectivity index is 1.49. The van der Waals surface area contributed by atoms with Crippen LogP contribution in [0.2, 0.25) is 0 Å². The summed E-state index contributed by atoms with van der Waals surface area (Å²) in [5.74, 6) is 0.623. The first-order valence-corrected chi connectivity index (χ1v) is 12.1. The van der Waals surface area contributed by atoms with Gasteiger partial charge in [0.1, 0.15) is 12.4 Å². The van der Waals surface area contributed by atoms with E-state index in [1.54, 1.807) is 43.5 Å². The predicted molar refractivity (Wildman–Crippen MR) is 120 cm³/mol. The maximum atomic E-state index is 12.7. The Morgan fingerprint density at radius 3 is 2.80 bits per heavy atom. The lowest BCUT2D eigenvalue weighted by molar-refractivity contribution is 0.151. The third kappa shape index (κ3) is 6.17. The molecule has 1 saturated heterocycles. The SMILES string of the molecule is COc1cccc(NC(=O)OC[C@H]2C[C@@H](NS(=O)(=O)c3cc(Br)ccc3Br)CN2)c1. The van der Waals surface area contributed by atoms with Crippen molar-refractivity contribution in [3.8, 4) is 5.75 Å². The van der Waals surface area contributed by atoms with Crippen molar-refractivity contribution < 1.29 is 22.7 Å². The molecule has 0 bridgehead atoms. The fourth-order valence-corrected chi connectivity index (χ4v) is 5.78. The fourth-order valence-electron chi connectivity index (χ4n) is 3.03. The highest BCUT2D eigenvalue weighted by Crippen LogP contribution is 2.26. The van der Waals surface area contributed by atoms with Crippen molar-refractivity contribution in [1.29, 1.82) is 0 Å². The second-order valence-corrected chi connectivity index (χ2v) is 10.1. The van der Waals surface area contributed by atoms with Gasteiger partial charge in [-0.3, -0.25) is 5.32 Å². The number of hydrogen-bond acceptors (Lipinski definition) is 6. The standard InChI is InChI=1S/C19H21Br2N3O5S/c1-28-16-4-2-3-13(9-16)23-19(25)29-11-15-8-14(10-22-15)24-30(26,27)18-7-12(20)5-6-17(18)21/h2-7,9,14-15,22,24H,8,10-11H2,1H3,(H,23,25)/t14-,15-/m1/s1. The minimum absolute atomic E-state index is 0.120. The van der Waals surface area contributed by atoms with Gasteiger partial charge in [0.05, 0.1) is 12.0 Å². The quantitative estimate of drug-likeness (QED) is 0.477. The van der Waals surface area contributed by atoms with Crippen LogP contribution in [0, 0.1) is 0 Å². The van der Waals surface area contributed by atoms with Crippen molar-refractivity contribution in [3.63, 3.8) is 0 Å². The molecule has 0 radical (unpaired) electrons. The van der Waals surface area contributed by atoms with Gasteiger partial charge in [0, 0.05) is 39.3 Å². The Morgan fingerprint density at radius 1 is 1.23 bits per heavy atom. The van der Waals surface area contributed by atoms with E-state index in [2.05, 4.69) is 47.2 Å². The molecule has 0 spiro atoms. The van der Waals surface area contributed by atoms with E-state index >= 15 is 0 Å². The van der Waals surface area contributed by atoms with Crippen LogP contribution in [0.25, 0.3) is 0 Å². The highest BCUT2D eigenvalue weighted by molar-refractivity contribution is 9.11. The number of anilines is 1. The van der Waals surface area contributed by atoms with Gasteiger partial charge in [-0.25, -0.2) is 17.9 Å². The van der Waals surface area contributed by atoms with Crippen molar-refractivity contribution >= 4 is 53.7 Å². The molecule has 0 aromatic heterocycles. The molecule has 162 valence electrons. The van der Waals surface area contributed by atoms with Crippen LogP contribution >= 0.6 is 31.9 Å². The average molecular weight is 563 g/mol. The number of nitrogens with one attached hydrogen (secondary N) is 3. The maximum absolute atomic E-state index is 12.7. The van der Waals surface area contributed by atoms with Crippen molar-refractivity contribution in [2.75, 3.05) is 25.6 Å². The van der Waals surface area contributed by atoms with E-state index in [9.17, 15) is 13.2 Å². The van der Waals surface area contributed by atoms with Gasteiger partial charge in [-0.1, -0.05) is 22.0 Å². The van der Waals surface area contributed by atoms with E-state index in [0.717, 1.165) is 0 Å². The summed E-state index contributed by atoms with van der Waals surface area (Å²) in [6.07, 6.45) is -0.0933. The molecule has 0 saturated carbocycles. The number of carbonyl (C=O) groups excluding carboxylic acids is 1. The Morgan fingerprint density at radius 2 is 2.03 bits per heavy atom. The van der Waals surface area contributed by atoms with E-state index in [4.69, 9.17) is 9.47 Å². The molecule has 2 atom stereocenters. The minimum Gasteiger partial charge on any atom is -0.497 e. The molecule has 0 aliphatic carbocycles. The molecular formula is C19H21Br2N3O5S. The highest BCUT2D eigenvalue weighted by atomic mass is 79.9. The summed E-state index contributed by atoms with van der Waals surface area (Å²) in [6, 6.07) is 11.4. The number of benzene rings is 2. The summed E-state index contributed by atoms with van der Waals surface area (Å²) in [7, 11) is -2.15. The van der Waals surface area contributed by atoms with Crippen molar-refractivity contribution in [2.24, 2.45) is 0 Å². The molecule has 1 heterocycles. The molecule has 3 rings (SSSR count). The zero-order chi connectivity index (χ0) is 21.7. The normalized spacial score (nSPS) is 18.8. The number of hydrogen-bond donors (Lipinski definition) is 3. The number of sulfonamides is 1. The topological polar surface area (TPSA) is 106 Å². The maximum Gasteiger partial charge on any atom is 0.411 e. The van der Waals surface area contributed by atoms with Gasteiger partial charge in [-0.15, -0.1) is 0 Å². The van der Waals surface area contributed by atoms with Crippen LogP contribution in [0.1, 0.15) is 6.42 Å². The first kappa shape index (κ1) is 23.0. The Hall–Kier alpha value is -1.66. The first-order chi connectivity index (χ1) is 14.3. The number of methoxy groups -OCH3 is 1. The van der Waals surface area contributed by atoms with E-state index in [0.29, 0.717) is 33.3 Å². The number of ether oxygens (including phenoxy) is 2. The molecule has 0 unspecified atom stereocenters. The minimum atomic E-state index is -3.70. The highest BCUT2D eigenvalue weighted by Gasteiger charge is 2.30. The Bertz CT molecular complexity index is 1020. The van der Waals surface area contributed by atoms with E-state index in [1.807, 2.05) is 0 Å². The summed E-state index contributed by atoms with van der Waals surface area (Å²) in [4.78, 5) is 12.2. The smallest absolute Gasteiger partial charge is 0.411 e. The van der Waals surface area contributed by atoms with Crippen LogP contribution in [0.3, 0.4) is 0 Å². The van der Waals surface area contributed by atoms with Gasteiger partial charge in [0.15, 0.2) is 0 Å². The summed E-state index contributed by atoms with van der Waals surface area (Å²) >= 11 is 6.57. The fraction of sp³-hybridized carbons (Fsp3) is 0.316. The molecule has 1 amide bonds. The number of carbonyl (C=O) groups is 1. The van der Waals surface area contributed by atoms with Crippen molar-refractivity contribution in [1.82, 2.24) is 10.0 Å². The van der Waals surface area contributed by atoms with Crippen molar-refractivity contribution in [3.05, 3.63) is 51.4 Å². The van der Waals surface area contributed by atoms with Crippen molar-refractivity contribution in [2.45, 2.75) is 23.4 Å². The molecule has 3 N–H and O–H groups in total. The number of rotatable bonds is 7. The van der Waals surface area contributed by atoms with E-state index in [1.165, 1.54) is 6.07 Å². The number of amides is 1. The second-order valence-electron chi connectivity index (χ2n) is 6.69. The molecule has 8 nitrogen and oxygen atoms in total. The summed E-state index contributed by atoms with van der Waals surface area (Å²) in [5, 5.41) is 5.80. The first-order valence-electron chi connectivity index (χ1n) is 9.05. The zero-order valence-corrected chi connectivity index (χ0v) is 20.0. The largest absolute Gasteiger partial charge is 0.497 e. The summed E-state index contributed by atoms with van der Waals surface area (Å²) < 4.78 is 39.6. The molecule has 1 aliphatic heterocycles. The van der Waals surface area contributed by atoms with Crippen LogP contribution in [0.4, 0.5) is 10.5 Å². The lowest BCUT2D eigenvalue weighted by atomic mass is 10.2. The van der Waals surface area contributed by atoms with Gasteiger partial charge in [-0.2, -0.15) is 0 Å². The lowest BCUT2D eigenvalue weighted by Crippen LogP contribution is -2.36. The molecular weight excluding hydrogens is 542 g/mol. The molecule has 1 fully saturated rings. The van der Waals surface area contributed by atoms with Gasteiger partial charge in [-0.05, 0) is 52.7 Å². The Labute approximate surface area is 192 Å². The van der Waals surface area contributed by atoms with Crippen LogP contribution in [-0.2, 0) is 14.8 Å². The van der Waals surface area contributed by atoms with Crippen LogP contribution < -0.4 is 20.1 Å². The van der Waals surface area contributed by atoms with E-state index < -0.39 is 16.1 Å². The van der Waals surface area contributed by atoms with Crippen LogP contribution in [0.5, 0.6) is 5.75 Å². The molecule has 11 heteroatoms. The molecule has 30 heavy (non-hydrogen) atoms. The van der Waals surface area contributed by atoms with Crippen LogP contribution in [0.15, 0.2) is 56.3 Å². The van der Waals surface area contributed by atoms with Crippen LogP contribution in [-0.4, -0.2) is 46.9 Å². The van der Waals surface area contributed by atoms with Gasteiger partial charge in [0.25, 0.3) is 0 Å². The zero-order valence-electron chi connectivity index (χ0n) is 16.0. The predicted octanol–water partition coefficient (Wildman–Crippen LogP) is 3.48. The lowest BCUT2D eigenvalue weighted by Gasteiger charge is -2.14. The average Bonchev–Trinajstić information content (AvgIpc) is 3.15. The Kier molecular flexibility index (Phi) is 7.75. The monoisotopic (exact) mass is 561 g/mol. The second kappa shape index (κ2) is 10.1. The summed E-state index contributed by atoms with van der Waals surface area (Å²) in [5.41, 5.74) is 0.559. The summed E-state index contributed by atoms with van der Waals surface area (Å²) in [6.45, 7) is 0.561. The number of halogens is 2. The van der Waals surface area contributed by atoms with Gasteiger partial charge in [0.2, 0.25) is 10.0 Å².